The second-order valence-corrected chi connectivity index (χ2v) is 5.96. The minimum atomic E-state index is -0.205. The second-order valence-electron chi connectivity index (χ2n) is 5.96. The zero-order valence-corrected chi connectivity index (χ0v) is 13.4. The topological polar surface area (TPSA) is 70.6 Å². The molecule has 1 aliphatic rings. The number of ether oxygens (including phenoxy) is 1. The third kappa shape index (κ3) is 3.99. The molecule has 2 amide bonds. The van der Waals surface area contributed by atoms with Crippen molar-refractivity contribution in [3.8, 4) is 0 Å². The van der Waals surface area contributed by atoms with Gasteiger partial charge in [0.2, 0.25) is 0 Å². The molecular formula is C17H26N2O3. The molecule has 0 fully saturated rings. The van der Waals surface area contributed by atoms with Gasteiger partial charge >= 0.3 is 6.03 Å². The van der Waals surface area contributed by atoms with Gasteiger partial charge < -0.3 is 20.5 Å². The average Bonchev–Trinajstić information content (AvgIpc) is 2.99. The zero-order valence-electron chi connectivity index (χ0n) is 13.4. The molecule has 1 aliphatic heterocycles. The first-order valence-corrected chi connectivity index (χ1v) is 7.97. The van der Waals surface area contributed by atoms with Gasteiger partial charge in [-0.1, -0.05) is 19.9 Å². The van der Waals surface area contributed by atoms with Crippen molar-refractivity contribution in [1.29, 1.82) is 0 Å². The molecule has 0 bridgehead atoms. The van der Waals surface area contributed by atoms with Gasteiger partial charge in [-0.3, -0.25) is 0 Å². The van der Waals surface area contributed by atoms with Crippen molar-refractivity contribution in [3.05, 3.63) is 29.3 Å². The van der Waals surface area contributed by atoms with E-state index in [0.29, 0.717) is 26.2 Å². The summed E-state index contributed by atoms with van der Waals surface area (Å²) >= 11 is 0. The SMILES string of the molecule is CCC(CC)(CCO)CNC(=O)Nc1ccc2c(c1)COC2. The lowest BCUT2D eigenvalue weighted by Crippen LogP contribution is -2.39. The molecule has 0 atom stereocenters. The highest BCUT2D eigenvalue weighted by atomic mass is 16.5. The van der Waals surface area contributed by atoms with Crippen molar-refractivity contribution in [1.82, 2.24) is 5.32 Å². The Bertz CT molecular complexity index is 513. The predicted molar refractivity (Wildman–Crippen MR) is 86.7 cm³/mol. The quantitative estimate of drug-likeness (QED) is 0.725. The van der Waals surface area contributed by atoms with Crippen LogP contribution in [0.2, 0.25) is 0 Å². The first-order valence-electron chi connectivity index (χ1n) is 7.97. The van der Waals surface area contributed by atoms with Crippen LogP contribution in [0.15, 0.2) is 18.2 Å². The number of carbonyl (C=O) groups excluding carboxylic acids is 1. The van der Waals surface area contributed by atoms with Crippen molar-refractivity contribution in [2.24, 2.45) is 5.41 Å². The maximum atomic E-state index is 12.1. The van der Waals surface area contributed by atoms with Crippen molar-refractivity contribution in [3.63, 3.8) is 0 Å². The van der Waals surface area contributed by atoms with Crippen LogP contribution >= 0.6 is 0 Å². The molecule has 1 aromatic rings. The number of nitrogens with one attached hydrogen (secondary N) is 2. The van der Waals surface area contributed by atoms with E-state index in [4.69, 9.17) is 4.74 Å². The van der Waals surface area contributed by atoms with E-state index in [-0.39, 0.29) is 18.1 Å². The molecule has 0 aromatic heterocycles. The van der Waals surface area contributed by atoms with Crippen LogP contribution in [0, 0.1) is 5.41 Å². The van der Waals surface area contributed by atoms with Crippen molar-refractivity contribution >= 4 is 11.7 Å². The summed E-state index contributed by atoms with van der Waals surface area (Å²) in [5, 5.41) is 15.0. The first-order chi connectivity index (χ1) is 10.6. The molecule has 1 heterocycles. The van der Waals surface area contributed by atoms with Crippen LogP contribution in [0.1, 0.15) is 44.2 Å². The Labute approximate surface area is 132 Å². The fourth-order valence-electron chi connectivity index (χ4n) is 2.87. The number of benzene rings is 1. The zero-order chi connectivity index (χ0) is 16.0. The number of rotatable bonds is 7. The number of hydrogen-bond acceptors (Lipinski definition) is 3. The van der Waals surface area contributed by atoms with E-state index < -0.39 is 0 Å². The van der Waals surface area contributed by atoms with Gasteiger partial charge in [0.05, 0.1) is 13.2 Å². The maximum absolute atomic E-state index is 12.1. The summed E-state index contributed by atoms with van der Waals surface area (Å²) in [4.78, 5) is 12.1. The molecule has 0 saturated carbocycles. The molecule has 3 N–H and O–H groups in total. The Morgan fingerprint density at radius 2 is 2.00 bits per heavy atom. The molecule has 122 valence electrons. The summed E-state index contributed by atoms with van der Waals surface area (Å²) in [6, 6.07) is 5.64. The number of hydrogen-bond donors (Lipinski definition) is 3. The van der Waals surface area contributed by atoms with E-state index in [1.807, 2.05) is 18.2 Å². The molecular weight excluding hydrogens is 280 g/mol. The van der Waals surface area contributed by atoms with E-state index in [1.54, 1.807) is 0 Å². The van der Waals surface area contributed by atoms with Crippen molar-refractivity contribution in [2.75, 3.05) is 18.5 Å². The van der Waals surface area contributed by atoms with Gasteiger partial charge in [0, 0.05) is 18.8 Å². The van der Waals surface area contributed by atoms with Crippen molar-refractivity contribution < 1.29 is 14.6 Å². The standard InChI is InChI=1S/C17H26N2O3/c1-3-17(4-2,7-8-20)12-18-16(21)19-15-6-5-13-10-22-11-14(13)9-15/h5-6,9,20H,3-4,7-8,10-12H2,1-2H3,(H2,18,19,21). The van der Waals surface area contributed by atoms with Gasteiger partial charge in [-0.05, 0) is 47.9 Å². The number of aliphatic hydroxyl groups excluding tert-OH is 1. The number of fused-ring (bicyclic) bond motifs is 1. The minimum absolute atomic E-state index is 0.0299. The fraction of sp³-hybridized carbons (Fsp3) is 0.588. The monoisotopic (exact) mass is 306 g/mol. The molecule has 0 saturated heterocycles. The van der Waals surface area contributed by atoms with E-state index in [1.165, 1.54) is 5.56 Å². The normalized spacial score (nSPS) is 13.8. The Balaban J connectivity index is 1.90. The number of amides is 2. The summed E-state index contributed by atoms with van der Waals surface area (Å²) in [7, 11) is 0. The molecule has 0 spiro atoms. The minimum Gasteiger partial charge on any atom is -0.396 e. The highest BCUT2D eigenvalue weighted by Crippen LogP contribution is 2.29. The largest absolute Gasteiger partial charge is 0.396 e. The smallest absolute Gasteiger partial charge is 0.319 e. The summed E-state index contributed by atoms with van der Waals surface area (Å²) in [5.41, 5.74) is 3.07. The van der Waals surface area contributed by atoms with Crippen LogP contribution in [0.3, 0.4) is 0 Å². The van der Waals surface area contributed by atoms with Gasteiger partial charge in [-0.15, -0.1) is 0 Å². The van der Waals surface area contributed by atoms with Crippen LogP contribution in [-0.4, -0.2) is 24.3 Å². The summed E-state index contributed by atoms with van der Waals surface area (Å²) in [6.45, 7) is 6.17. The lowest BCUT2D eigenvalue weighted by atomic mass is 9.79. The first kappa shape index (κ1) is 16.8. The number of carbonyl (C=O) groups is 1. The molecule has 5 nitrogen and oxygen atoms in total. The third-order valence-electron chi connectivity index (χ3n) is 4.75. The molecule has 0 aliphatic carbocycles. The summed E-state index contributed by atoms with van der Waals surface area (Å²) in [6.07, 6.45) is 2.57. The van der Waals surface area contributed by atoms with Gasteiger partial charge in [-0.2, -0.15) is 0 Å². The number of urea groups is 1. The second kappa shape index (κ2) is 7.61. The summed E-state index contributed by atoms with van der Waals surface area (Å²) in [5.74, 6) is 0. The third-order valence-corrected chi connectivity index (χ3v) is 4.75. The van der Waals surface area contributed by atoms with E-state index in [0.717, 1.165) is 24.1 Å². The van der Waals surface area contributed by atoms with Gasteiger partial charge in [0.25, 0.3) is 0 Å². The Hall–Kier alpha value is -1.59. The molecule has 0 unspecified atom stereocenters. The van der Waals surface area contributed by atoms with Gasteiger partial charge in [-0.25, -0.2) is 4.79 Å². The number of anilines is 1. The van der Waals surface area contributed by atoms with E-state index >= 15 is 0 Å². The highest BCUT2D eigenvalue weighted by molar-refractivity contribution is 5.89. The van der Waals surface area contributed by atoms with Crippen LogP contribution in [-0.2, 0) is 18.0 Å². The Morgan fingerprint density at radius 1 is 1.27 bits per heavy atom. The Morgan fingerprint density at radius 3 is 2.68 bits per heavy atom. The molecule has 2 rings (SSSR count). The van der Waals surface area contributed by atoms with E-state index in [2.05, 4.69) is 24.5 Å². The lowest BCUT2D eigenvalue weighted by molar-refractivity contribution is 0.134. The predicted octanol–water partition coefficient (Wildman–Crippen LogP) is 3.03. The highest BCUT2D eigenvalue weighted by Gasteiger charge is 2.26. The molecule has 22 heavy (non-hydrogen) atoms. The molecule has 0 radical (unpaired) electrons. The lowest BCUT2D eigenvalue weighted by Gasteiger charge is -2.31. The molecule has 1 aromatic carbocycles. The average molecular weight is 306 g/mol. The van der Waals surface area contributed by atoms with Gasteiger partial charge in [0.1, 0.15) is 0 Å². The molecule has 5 heteroatoms. The van der Waals surface area contributed by atoms with Crippen LogP contribution in [0.5, 0.6) is 0 Å². The maximum Gasteiger partial charge on any atom is 0.319 e. The summed E-state index contributed by atoms with van der Waals surface area (Å²) < 4.78 is 5.37. The fourth-order valence-corrected chi connectivity index (χ4v) is 2.87. The van der Waals surface area contributed by atoms with Gasteiger partial charge in [0.15, 0.2) is 0 Å². The number of aliphatic hydroxyl groups is 1. The van der Waals surface area contributed by atoms with Crippen LogP contribution < -0.4 is 10.6 Å². The van der Waals surface area contributed by atoms with E-state index in [9.17, 15) is 9.90 Å². The van der Waals surface area contributed by atoms with Crippen LogP contribution in [0.25, 0.3) is 0 Å². The Kier molecular flexibility index (Phi) is 5.80. The van der Waals surface area contributed by atoms with Crippen LogP contribution in [0.4, 0.5) is 10.5 Å². The van der Waals surface area contributed by atoms with Crippen molar-refractivity contribution in [2.45, 2.75) is 46.3 Å².